The summed E-state index contributed by atoms with van der Waals surface area (Å²) in [4.78, 5) is 19.2. The summed E-state index contributed by atoms with van der Waals surface area (Å²) in [6.45, 7) is 8.61. The Bertz CT molecular complexity index is 736. The van der Waals surface area contributed by atoms with Crippen molar-refractivity contribution in [1.82, 2.24) is 4.98 Å². The van der Waals surface area contributed by atoms with Crippen LogP contribution in [0.25, 0.3) is 0 Å². The molecule has 0 radical (unpaired) electrons. The molecule has 1 aromatic carbocycles. The lowest BCUT2D eigenvalue weighted by Gasteiger charge is -2.34. The van der Waals surface area contributed by atoms with E-state index in [1.165, 1.54) is 0 Å². The van der Waals surface area contributed by atoms with E-state index in [0.717, 1.165) is 24.3 Å². The van der Waals surface area contributed by atoms with Crippen LogP contribution in [0.5, 0.6) is 5.75 Å². The van der Waals surface area contributed by atoms with Gasteiger partial charge < -0.3 is 9.15 Å². The first-order chi connectivity index (χ1) is 11.5. The first kappa shape index (κ1) is 16.6. The van der Waals surface area contributed by atoms with Crippen molar-refractivity contribution >= 4 is 11.6 Å². The number of anilines is 1. The van der Waals surface area contributed by atoms with Crippen molar-refractivity contribution in [3.05, 3.63) is 41.6 Å². The fourth-order valence-corrected chi connectivity index (χ4v) is 2.91. The van der Waals surface area contributed by atoms with Crippen LogP contribution in [0.2, 0.25) is 0 Å². The number of ether oxygens (including phenoxy) is 1. The summed E-state index contributed by atoms with van der Waals surface area (Å²) < 4.78 is 11.7. The topological polar surface area (TPSA) is 55.6 Å². The summed E-state index contributed by atoms with van der Waals surface area (Å²) in [5.74, 6) is 1.98. The third-order valence-corrected chi connectivity index (χ3v) is 4.15. The van der Waals surface area contributed by atoms with Crippen LogP contribution in [0.3, 0.4) is 0 Å². The minimum Gasteiger partial charge on any atom is -0.486 e. The van der Waals surface area contributed by atoms with Gasteiger partial charge in [0.15, 0.2) is 5.89 Å². The molecule has 24 heavy (non-hydrogen) atoms. The Balaban J connectivity index is 1.93. The zero-order chi connectivity index (χ0) is 17.3. The summed E-state index contributed by atoms with van der Waals surface area (Å²) >= 11 is 0. The summed E-state index contributed by atoms with van der Waals surface area (Å²) in [6.07, 6.45) is 1.56. The molecule has 1 atom stereocenters. The number of oxazole rings is 1. The van der Waals surface area contributed by atoms with Crippen molar-refractivity contribution in [2.45, 2.75) is 46.6 Å². The van der Waals surface area contributed by atoms with Gasteiger partial charge in [-0.2, -0.15) is 0 Å². The average Bonchev–Trinajstić information content (AvgIpc) is 2.92. The number of nitrogens with zero attached hydrogens (tertiary/aromatic N) is 2. The van der Waals surface area contributed by atoms with E-state index in [-0.39, 0.29) is 12.0 Å². The van der Waals surface area contributed by atoms with Gasteiger partial charge in [-0.15, -0.1) is 0 Å². The van der Waals surface area contributed by atoms with E-state index in [9.17, 15) is 4.79 Å². The summed E-state index contributed by atoms with van der Waals surface area (Å²) in [6, 6.07) is 7.63. The van der Waals surface area contributed by atoms with Gasteiger partial charge in [0.1, 0.15) is 11.9 Å². The molecule has 1 aliphatic heterocycles. The molecule has 3 rings (SSSR count). The van der Waals surface area contributed by atoms with Crippen molar-refractivity contribution in [3.63, 3.8) is 0 Å². The third-order valence-electron chi connectivity index (χ3n) is 4.15. The highest BCUT2D eigenvalue weighted by molar-refractivity contribution is 6.06. The van der Waals surface area contributed by atoms with Crippen molar-refractivity contribution in [2.24, 2.45) is 5.92 Å². The fourth-order valence-electron chi connectivity index (χ4n) is 2.91. The number of benzene rings is 1. The third kappa shape index (κ3) is 3.16. The lowest BCUT2D eigenvalue weighted by atomic mass is 10.1. The van der Waals surface area contributed by atoms with E-state index in [1.54, 1.807) is 4.90 Å². The average molecular weight is 328 g/mol. The van der Waals surface area contributed by atoms with Crippen LogP contribution >= 0.6 is 0 Å². The largest absolute Gasteiger partial charge is 0.486 e. The molecule has 1 unspecified atom stereocenters. The van der Waals surface area contributed by atoms with Gasteiger partial charge in [0, 0.05) is 6.42 Å². The number of para-hydroxylation sites is 2. The highest BCUT2D eigenvalue weighted by atomic mass is 16.5. The molecule has 5 nitrogen and oxygen atoms in total. The number of carbonyl (C=O) groups is 1. The van der Waals surface area contributed by atoms with Crippen molar-refractivity contribution in [3.8, 4) is 5.75 Å². The Kier molecular flexibility index (Phi) is 4.60. The zero-order valence-corrected chi connectivity index (χ0v) is 14.7. The van der Waals surface area contributed by atoms with Gasteiger partial charge in [0.25, 0.3) is 5.91 Å². The second kappa shape index (κ2) is 6.67. The van der Waals surface area contributed by atoms with Crippen LogP contribution < -0.4 is 9.64 Å². The maximum absolute atomic E-state index is 13.1. The van der Waals surface area contributed by atoms with Gasteiger partial charge in [-0.1, -0.05) is 32.9 Å². The van der Waals surface area contributed by atoms with Gasteiger partial charge in [-0.25, -0.2) is 4.98 Å². The highest BCUT2D eigenvalue weighted by Crippen LogP contribution is 2.35. The highest BCUT2D eigenvalue weighted by Gasteiger charge is 2.32. The van der Waals surface area contributed by atoms with Crippen molar-refractivity contribution in [2.75, 3.05) is 11.4 Å². The molecule has 2 aromatic rings. The quantitative estimate of drug-likeness (QED) is 0.851. The second-order valence-corrected chi connectivity index (χ2v) is 6.65. The monoisotopic (exact) mass is 328 g/mol. The Labute approximate surface area is 142 Å². The number of aryl methyl sites for hydroxylation is 1. The van der Waals surface area contributed by atoms with Gasteiger partial charge in [-0.3, -0.25) is 9.69 Å². The second-order valence-electron chi connectivity index (χ2n) is 6.65. The number of hydrogen-bond donors (Lipinski definition) is 0. The molecular weight excluding hydrogens is 304 g/mol. The zero-order valence-electron chi connectivity index (χ0n) is 14.7. The molecule has 0 spiro atoms. The molecule has 1 aromatic heterocycles. The molecule has 1 amide bonds. The standard InChI is InChI=1S/C19H24N2O3/c1-5-14-11-21(15-8-6-7-9-16(15)23-14)19(22)18-13(4)20-17(24-18)10-12(2)3/h6-9,12,14H,5,10-11H2,1-4H3. The molecule has 0 aliphatic carbocycles. The smallest absolute Gasteiger partial charge is 0.296 e. The van der Waals surface area contributed by atoms with E-state index in [4.69, 9.17) is 9.15 Å². The van der Waals surface area contributed by atoms with Gasteiger partial charge in [0.2, 0.25) is 5.76 Å². The van der Waals surface area contributed by atoms with Crippen LogP contribution in [0, 0.1) is 12.8 Å². The van der Waals surface area contributed by atoms with Crippen LogP contribution in [0.4, 0.5) is 5.69 Å². The number of hydrogen-bond acceptors (Lipinski definition) is 4. The minimum absolute atomic E-state index is 0.0118. The van der Waals surface area contributed by atoms with Gasteiger partial charge in [0.05, 0.1) is 17.9 Å². The molecule has 0 N–H and O–H groups in total. The molecule has 0 saturated heterocycles. The van der Waals surface area contributed by atoms with Crippen LogP contribution in [-0.2, 0) is 6.42 Å². The number of amides is 1. The fraction of sp³-hybridized carbons (Fsp3) is 0.474. The minimum atomic E-state index is -0.149. The molecule has 128 valence electrons. The Hall–Kier alpha value is -2.30. The number of carbonyl (C=O) groups excluding carboxylic acids is 1. The van der Waals surface area contributed by atoms with E-state index >= 15 is 0 Å². The van der Waals surface area contributed by atoms with Crippen LogP contribution in [-0.4, -0.2) is 23.5 Å². The molecule has 2 heterocycles. The predicted molar refractivity (Wildman–Crippen MR) is 92.6 cm³/mol. The SMILES string of the molecule is CCC1CN(C(=O)c2oc(CC(C)C)nc2C)c2ccccc2O1. The maximum Gasteiger partial charge on any atom is 0.296 e. The van der Waals surface area contributed by atoms with Crippen molar-refractivity contribution in [1.29, 1.82) is 0 Å². The molecule has 0 bridgehead atoms. The molecule has 0 saturated carbocycles. The van der Waals surface area contributed by atoms with E-state index in [1.807, 2.05) is 31.2 Å². The van der Waals surface area contributed by atoms with Crippen LogP contribution in [0.15, 0.2) is 28.7 Å². The first-order valence-electron chi connectivity index (χ1n) is 8.53. The maximum atomic E-state index is 13.1. The number of aromatic nitrogens is 1. The molecule has 0 fully saturated rings. The Morgan fingerprint density at radius 2 is 2.12 bits per heavy atom. The van der Waals surface area contributed by atoms with E-state index in [2.05, 4.69) is 25.8 Å². The Morgan fingerprint density at radius 1 is 1.38 bits per heavy atom. The van der Waals surface area contributed by atoms with E-state index in [0.29, 0.717) is 29.8 Å². The van der Waals surface area contributed by atoms with Crippen molar-refractivity contribution < 1.29 is 13.9 Å². The Morgan fingerprint density at radius 3 is 2.83 bits per heavy atom. The molecular formula is C19H24N2O3. The normalized spacial score (nSPS) is 16.9. The number of rotatable bonds is 4. The summed E-state index contributed by atoms with van der Waals surface area (Å²) in [7, 11) is 0. The number of fused-ring (bicyclic) bond motifs is 1. The predicted octanol–water partition coefficient (Wildman–Crippen LogP) is 4.00. The molecule has 5 heteroatoms. The van der Waals surface area contributed by atoms with Gasteiger partial charge in [-0.05, 0) is 31.4 Å². The summed E-state index contributed by atoms with van der Waals surface area (Å²) in [5, 5.41) is 0. The first-order valence-corrected chi connectivity index (χ1v) is 8.53. The lowest BCUT2D eigenvalue weighted by molar-refractivity contribution is 0.0925. The van der Waals surface area contributed by atoms with Gasteiger partial charge >= 0.3 is 0 Å². The molecule has 1 aliphatic rings. The van der Waals surface area contributed by atoms with Crippen LogP contribution in [0.1, 0.15) is 49.3 Å². The van der Waals surface area contributed by atoms with E-state index < -0.39 is 0 Å². The lowest BCUT2D eigenvalue weighted by Crippen LogP contribution is -2.43. The summed E-state index contributed by atoms with van der Waals surface area (Å²) in [5.41, 5.74) is 1.43.